The van der Waals surface area contributed by atoms with Gasteiger partial charge in [0.2, 0.25) is 0 Å². The number of rotatable bonds is 4. The molecule has 0 fully saturated rings. The summed E-state index contributed by atoms with van der Waals surface area (Å²) in [5.74, 6) is 0.296. The third-order valence-electron chi connectivity index (χ3n) is 1.90. The zero-order valence-electron chi connectivity index (χ0n) is 9.19. The Bertz CT molecular complexity index is 331. The maximum atomic E-state index is 11.6. The smallest absolute Gasteiger partial charge is 0.348 e. The minimum absolute atomic E-state index is 0.0250. The predicted molar refractivity (Wildman–Crippen MR) is 65.9 cm³/mol. The first-order valence-electron chi connectivity index (χ1n) is 4.97. The monoisotopic (exact) mass is 244 g/mol. The van der Waals surface area contributed by atoms with Crippen molar-refractivity contribution in [2.45, 2.75) is 38.2 Å². The van der Waals surface area contributed by atoms with Crippen LogP contribution in [0.5, 0.6) is 0 Å². The number of carbonyl (C=O) groups is 1. The van der Waals surface area contributed by atoms with Gasteiger partial charge in [0.1, 0.15) is 4.88 Å². The van der Waals surface area contributed by atoms with Crippen LogP contribution >= 0.6 is 24.0 Å². The molecule has 1 aromatic heterocycles. The third-order valence-corrected chi connectivity index (χ3v) is 3.24. The van der Waals surface area contributed by atoms with Crippen molar-refractivity contribution in [1.29, 1.82) is 0 Å². The molecule has 1 unspecified atom stereocenters. The molecular weight excluding hydrogens is 228 g/mol. The van der Waals surface area contributed by atoms with Gasteiger partial charge in [-0.05, 0) is 25.3 Å². The molecule has 15 heavy (non-hydrogen) atoms. The van der Waals surface area contributed by atoms with Crippen molar-refractivity contribution in [3.05, 3.63) is 16.3 Å². The van der Waals surface area contributed by atoms with E-state index >= 15 is 0 Å². The summed E-state index contributed by atoms with van der Waals surface area (Å²) < 4.78 is 5.30. The molecule has 0 amide bonds. The van der Waals surface area contributed by atoms with Gasteiger partial charge in [0.05, 0.1) is 6.10 Å². The highest BCUT2D eigenvalue weighted by Crippen LogP contribution is 2.19. The van der Waals surface area contributed by atoms with Crippen LogP contribution in [0.25, 0.3) is 0 Å². The molecule has 2 nitrogen and oxygen atoms in total. The molecule has 0 aliphatic heterocycles. The summed E-state index contributed by atoms with van der Waals surface area (Å²) in [6.45, 7) is 6.15. The Morgan fingerprint density at radius 1 is 1.53 bits per heavy atom. The van der Waals surface area contributed by atoms with Gasteiger partial charge in [-0.1, -0.05) is 13.8 Å². The molecule has 1 rings (SSSR count). The van der Waals surface area contributed by atoms with Gasteiger partial charge in [-0.3, -0.25) is 0 Å². The molecule has 1 atom stereocenters. The fraction of sp³-hybridized carbons (Fsp3) is 0.545. The van der Waals surface area contributed by atoms with Gasteiger partial charge >= 0.3 is 5.97 Å². The van der Waals surface area contributed by atoms with Crippen molar-refractivity contribution in [1.82, 2.24) is 0 Å². The van der Waals surface area contributed by atoms with Crippen LogP contribution in [0.15, 0.2) is 16.3 Å². The predicted octanol–water partition coefficient (Wildman–Crippen LogP) is 3.63. The summed E-state index contributed by atoms with van der Waals surface area (Å²) in [5.41, 5.74) is 0. The Morgan fingerprint density at radius 3 is 2.67 bits per heavy atom. The van der Waals surface area contributed by atoms with Gasteiger partial charge < -0.3 is 4.74 Å². The Balaban J connectivity index is 2.49. The highest BCUT2D eigenvalue weighted by Gasteiger charge is 2.14. The van der Waals surface area contributed by atoms with Crippen LogP contribution in [0.3, 0.4) is 0 Å². The quantitative estimate of drug-likeness (QED) is 0.646. The van der Waals surface area contributed by atoms with Crippen LogP contribution in [0, 0.1) is 5.92 Å². The number of ether oxygens (including phenoxy) is 1. The highest BCUT2D eigenvalue weighted by molar-refractivity contribution is 7.80. The van der Waals surface area contributed by atoms with Crippen molar-refractivity contribution in [2.75, 3.05) is 0 Å². The fourth-order valence-electron chi connectivity index (χ4n) is 1.39. The van der Waals surface area contributed by atoms with Crippen LogP contribution in [0.4, 0.5) is 0 Å². The van der Waals surface area contributed by atoms with Gasteiger partial charge in [0.25, 0.3) is 0 Å². The average molecular weight is 244 g/mol. The average Bonchev–Trinajstić information content (AvgIpc) is 2.49. The van der Waals surface area contributed by atoms with Gasteiger partial charge in [0, 0.05) is 10.3 Å². The van der Waals surface area contributed by atoms with Gasteiger partial charge in [0.15, 0.2) is 0 Å². The summed E-state index contributed by atoms with van der Waals surface area (Å²) in [7, 11) is 0. The Kier molecular flexibility index (Phi) is 4.67. The number of thiol groups is 1. The van der Waals surface area contributed by atoms with Crippen molar-refractivity contribution in [3.63, 3.8) is 0 Å². The van der Waals surface area contributed by atoms with E-state index in [1.54, 1.807) is 6.07 Å². The topological polar surface area (TPSA) is 26.3 Å². The van der Waals surface area contributed by atoms with Crippen molar-refractivity contribution in [3.8, 4) is 0 Å². The Hall–Kier alpha value is -0.480. The van der Waals surface area contributed by atoms with E-state index in [4.69, 9.17) is 4.74 Å². The highest BCUT2D eigenvalue weighted by atomic mass is 32.1. The molecule has 1 heterocycles. The lowest BCUT2D eigenvalue weighted by Crippen LogP contribution is -2.16. The minimum atomic E-state index is -0.242. The number of hydrogen-bond acceptors (Lipinski definition) is 4. The summed E-state index contributed by atoms with van der Waals surface area (Å²) >= 11 is 5.52. The summed E-state index contributed by atoms with van der Waals surface area (Å²) in [5, 5.41) is 1.83. The number of thiophene rings is 1. The van der Waals surface area contributed by atoms with Crippen LogP contribution < -0.4 is 0 Å². The first kappa shape index (κ1) is 12.6. The van der Waals surface area contributed by atoms with Crippen LogP contribution in [-0.2, 0) is 4.74 Å². The molecule has 0 N–H and O–H groups in total. The van der Waals surface area contributed by atoms with Crippen molar-refractivity contribution >= 4 is 29.9 Å². The summed E-state index contributed by atoms with van der Waals surface area (Å²) in [6.07, 6.45) is 0.869. The number of esters is 1. The number of carbonyl (C=O) groups excluding carboxylic acids is 1. The zero-order chi connectivity index (χ0) is 11.4. The lowest BCUT2D eigenvalue weighted by molar-refractivity contribution is 0.0305. The van der Waals surface area contributed by atoms with Gasteiger partial charge in [-0.25, -0.2) is 4.79 Å². The molecule has 0 saturated heterocycles. The van der Waals surface area contributed by atoms with Gasteiger partial charge in [-0.15, -0.1) is 24.0 Å². The minimum Gasteiger partial charge on any atom is -0.458 e. The van der Waals surface area contributed by atoms with Crippen molar-refractivity contribution in [2.24, 2.45) is 5.92 Å². The summed E-state index contributed by atoms with van der Waals surface area (Å²) in [4.78, 5) is 13.0. The third kappa shape index (κ3) is 4.26. The Labute approximate surface area is 100 Å². The molecule has 0 saturated carbocycles. The maximum Gasteiger partial charge on any atom is 0.348 e. The fourth-order valence-corrected chi connectivity index (χ4v) is 2.42. The summed E-state index contributed by atoms with van der Waals surface area (Å²) in [6, 6.07) is 1.73. The van der Waals surface area contributed by atoms with Crippen LogP contribution in [0.1, 0.15) is 36.9 Å². The molecule has 0 radical (unpaired) electrons. The zero-order valence-corrected chi connectivity index (χ0v) is 10.9. The van der Waals surface area contributed by atoms with E-state index in [9.17, 15) is 4.79 Å². The molecular formula is C11H16O2S2. The maximum absolute atomic E-state index is 11.6. The molecule has 0 spiro atoms. The lowest BCUT2D eigenvalue weighted by atomic mass is 10.1. The molecule has 4 heteroatoms. The van der Waals surface area contributed by atoms with E-state index in [1.165, 1.54) is 11.3 Å². The van der Waals surface area contributed by atoms with E-state index < -0.39 is 0 Å². The lowest BCUT2D eigenvalue weighted by Gasteiger charge is -2.14. The second-order valence-electron chi connectivity index (χ2n) is 4.01. The van der Waals surface area contributed by atoms with Gasteiger partial charge in [-0.2, -0.15) is 0 Å². The molecule has 0 aliphatic rings. The van der Waals surface area contributed by atoms with E-state index in [0.717, 1.165) is 11.3 Å². The molecule has 1 aromatic rings. The normalized spacial score (nSPS) is 12.9. The van der Waals surface area contributed by atoms with E-state index in [1.807, 2.05) is 12.3 Å². The van der Waals surface area contributed by atoms with Crippen molar-refractivity contribution < 1.29 is 9.53 Å². The molecule has 0 aliphatic carbocycles. The second kappa shape index (κ2) is 5.56. The van der Waals surface area contributed by atoms with E-state index in [2.05, 4.69) is 26.5 Å². The number of hydrogen-bond donors (Lipinski definition) is 1. The van der Waals surface area contributed by atoms with E-state index in [0.29, 0.717) is 10.8 Å². The standard InChI is InChI=1S/C11H16O2S2/c1-7(2)4-8(3)13-11(12)10-5-9(14)6-15-10/h5-8,14H,4H2,1-3H3. The first-order chi connectivity index (χ1) is 6.99. The second-order valence-corrected chi connectivity index (χ2v) is 5.44. The molecule has 0 bridgehead atoms. The van der Waals surface area contributed by atoms with Crippen LogP contribution in [0.2, 0.25) is 0 Å². The first-order valence-corrected chi connectivity index (χ1v) is 6.30. The van der Waals surface area contributed by atoms with Crippen LogP contribution in [-0.4, -0.2) is 12.1 Å². The molecule has 84 valence electrons. The largest absolute Gasteiger partial charge is 0.458 e. The Morgan fingerprint density at radius 2 is 2.20 bits per heavy atom. The molecule has 0 aromatic carbocycles. The SMILES string of the molecule is CC(C)CC(C)OC(=O)c1cc(S)cs1. The van der Waals surface area contributed by atoms with E-state index in [-0.39, 0.29) is 12.1 Å².